The van der Waals surface area contributed by atoms with Crippen molar-refractivity contribution in [3.05, 3.63) is 120 Å². The van der Waals surface area contributed by atoms with E-state index in [0.29, 0.717) is 13.0 Å². The molecule has 1 heterocycles. The fourth-order valence-electron chi connectivity index (χ4n) is 5.16. The van der Waals surface area contributed by atoms with Gasteiger partial charge in [-0.3, -0.25) is 4.79 Å². The normalized spacial score (nSPS) is 18.9. The summed E-state index contributed by atoms with van der Waals surface area (Å²) in [5, 5.41) is 6.07. The van der Waals surface area contributed by atoms with Gasteiger partial charge in [-0.1, -0.05) is 103 Å². The largest absolute Gasteiger partial charge is 0.335 e. The fourth-order valence-corrected chi connectivity index (χ4v) is 5.16. The van der Waals surface area contributed by atoms with E-state index >= 15 is 0 Å². The Bertz CT molecular complexity index is 1260. The molecule has 1 amide bonds. The zero-order valence-corrected chi connectivity index (χ0v) is 20.0. The van der Waals surface area contributed by atoms with Crippen LogP contribution >= 0.6 is 0 Å². The summed E-state index contributed by atoms with van der Waals surface area (Å²) in [6, 6.07) is 35.2. The molecule has 178 valence electrons. The number of nitrogens with one attached hydrogen (secondary N) is 1. The van der Waals surface area contributed by atoms with Gasteiger partial charge in [0, 0.05) is 25.2 Å². The van der Waals surface area contributed by atoms with E-state index in [4.69, 9.17) is 5.73 Å². The van der Waals surface area contributed by atoms with E-state index < -0.39 is 6.04 Å². The first-order valence-electron chi connectivity index (χ1n) is 12.5. The maximum Gasteiger partial charge on any atom is 0.240 e. The number of nitrogens with zero attached hydrogens (tertiary/aromatic N) is 1. The molecule has 4 heteroatoms. The van der Waals surface area contributed by atoms with Gasteiger partial charge < -0.3 is 16.0 Å². The SMILES string of the molecule is NC(Cc1ccc2ccccc2c1)C(=O)N1C[C@H](Cc2ccccc2)NCC1Cc1ccccc1. The molecular formula is C31H33N3O. The summed E-state index contributed by atoms with van der Waals surface area (Å²) in [6.07, 6.45) is 2.25. The van der Waals surface area contributed by atoms with Crippen molar-refractivity contribution in [3.8, 4) is 0 Å². The van der Waals surface area contributed by atoms with Crippen molar-refractivity contribution >= 4 is 16.7 Å². The van der Waals surface area contributed by atoms with E-state index in [9.17, 15) is 4.79 Å². The minimum absolute atomic E-state index is 0.0404. The first kappa shape index (κ1) is 23.3. The Hall–Kier alpha value is -3.47. The monoisotopic (exact) mass is 463 g/mol. The van der Waals surface area contributed by atoms with Gasteiger partial charge >= 0.3 is 0 Å². The van der Waals surface area contributed by atoms with Crippen molar-refractivity contribution in [2.75, 3.05) is 13.1 Å². The number of piperazine rings is 1. The quantitative estimate of drug-likeness (QED) is 0.428. The van der Waals surface area contributed by atoms with Gasteiger partial charge in [-0.05, 0) is 46.7 Å². The molecule has 2 unspecified atom stereocenters. The summed E-state index contributed by atoms with van der Waals surface area (Å²) in [5.74, 6) is 0.0404. The molecule has 5 rings (SSSR count). The second-order valence-electron chi connectivity index (χ2n) is 9.62. The van der Waals surface area contributed by atoms with Crippen LogP contribution in [0.5, 0.6) is 0 Å². The van der Waals surface area contributed by atoms with E-state index in [1.54, 1.807) is 0 Å². The van der Waals surface area contributed by atoms with Crippen molar-refractivity contribution < 1.29 is 4.79 Å². The van der Waals surface area contributed by atoms with Crippen LogP contribution in [0, 0.1) is 0 Å². The predicted molar refractivity (Wildman–Crippen MR) is 143 cm³/mol. The van der Waals surface area contributed by atoms with Gasteiger partial charge in [-0.15, -0.1) is 0 Å². The van der Waals surface area contributed by atoms with Gasteiger partial charge in [0.05, 0.1) is 6.04 Å². The van der Waals surface area contributed by atoms with Gasteiger partial charge in [0.25, 0.3) is 0 Å². The molecule has 0 aromatic heterocycles. The third-order valence-electron chi connectivity index (χ3n) is 7.01. The van der Waals surface area contributed by atoms with Gasteiger partial charge in [-0.2, -0.15) is 0 Å². The summed E-state index contributed by atoms with van der Waals surface area (Å²) in [6.45, 7) is 1.43. The van der Waals surface area contributed by atoms with E-state index in [1.807, 2.05) is 29.2 Å². The highest BCUT2D eigenvalue weighted by Gasteiger charge is 2.33. The Kier molecular flexibility index (Phi) is 7.22. The zero-order valence-electron chi connectivity index (χ0n) is 20.0. The number of hydrogen-bond acceptors (Lipinski definition) is 3. The number of benzene rings is 4. The van der Waals surface area contributed by atoms with Crippen LogP contribution in [0.25, 0.3) is 10.8 Å². The Morgan fingerprint density at radius 1 is 0.800 bits per heavy atom. The van der Waals surface area contributed by atoms with E-state index in [0.717, 1.165) is 24.9 Å². The van der Waals surface area contributed by atoms with Crippen LogP contribution in [0.4, 0.5) is 0 Å². The van der Waals surface area contributed by atoms with Crippen LogP contribution in [0.2, 0.25) is 0 Å². The van der Waals surface area contributed by atoms with E-state index in [-0.39, 0.29) is 18.0 Å². The predicted octanol–water partition coefficient (Wildman–Crippen LogP) is 4.36. The maximum absolute atomic E-state index is 13.7. The molecule has 0 bridgehead atoms. The first-order valence-corrected chi connectivity index (χ1v) is 12.5. The van der Waals surface area contributed by atoms with Crippen LogP contribution in [-0.4, -0.2) is 42.0 Å². The van der Waals surface area contributed by atoms with Crippen LogP contribution in [0.15, 0.2) is 103 Å². The average molecular weight is 464 g/mol. The maximum atomic E-state index is 13.7. The summed E-state index contributed by atoms with van der Waals surface area (Å²) < 4.78 is 0. The lowest BCUT2D eigenvalue weighted by Crippen LogP contribution is -2.62. The molecule has 35 heavy (non-hydrogen) atoms. The highest BCUT2D eigenvalue weighted by atomic mass is 16.2. The molecule has 1 fully saturated rings. The standard InChI is InChI=1S/C31H33N3O/c32-30(20-25-15-16-26-13-7-8-14-27(26)17-25)31(35)34-22-28(18-23-9-3-1-4-10-23)33-21-29(34)19-24-11-5-2-6-12-24/h1-17,28-30,33H,18-22,32H2/t28-,29?,30?/m0/s1. The topological polar surface area (TPSA) is 58.4 Å². The zero-order chi connectivity index (χ0) is 24.0. The molecule has 3 atom stereocenters. The third-order valence-corrected chi connectivity index (χ3v) is 7.01. The van der Waals surface area contributed by atoms with Gasteiger partial charge in [0.2, 0.25) is 5.91 Å². The Morgan fingerprint density at radius 3 is 2.14 bits per heavy atom. The molecule has 4 aromatic carbocycles. The molecule has 1 saturated heterocycles. The van der Waals surface area contributed by atoms with E-state index in [2.05, 4.69) is 84.2 Å². The molecule has 0 saturated carbocycles. The Balaban J connectivity index is 1.33. The lowest BCUT2D eigenvalue weighted by Gasteiger charge is -2.42. The highest BCUT2D eigenvalue weighted by molar-refractivity contribution is 5.84. The molecular weight excluding hydrogens is 430 g/mol. The number of nitrogens with two attached hydrogens (primary N) is 1. The summed E-state index contributed by atoms with van der Waals surface area (Å²) >= 11 is 0. The number of hydrogen-bond donors (Lipinski definition) is 2. The number of carbonyl (C=O) groups is 1. The fraction of sp³-hybridized carbons (Fsp3) is 0.258. The molecule has 4 aromatic rings. The number of carbonyl (C=O) groups excluding carboxylic acids is 1. The van der Waals surface area contributed by atoms with E-state index in [1.165, 1.54) is 21.9 Å². The van der Waals surface area contributed by atoms with Gasteiger partial charge in [0.1, 0.15) is 0 Å². The van der Waals surface area contributed by atoms with Crippen molar-refractivity contribution in [2.24, 2.45) is 5.73 Å². The van der Waals surface area contributed by atoms with Crippen molar-refractivity contribution in [2.45, 2.75) is 37.4 Å². The van der Waals surface area contributed by atoms with Gasteiger partial charge in [0.15, 0.2) is 0 Å². The van der Waals surface area contributed by atoms with Crippen molar-refractivity contribution in [1.82, 2.24) is 10.2 Å². The lowest BCUT2D eigenvalue weighted by molar-refractivity contribution is -0.136. The molecule has 4 nitrogen and oxygen atoms in total. The van der Waals surface area contributed by atoms with Crippen LogP contribution in [0.1, 0.15) is 16.7 Å². The molecule has 0 spiro atoms. The lowest BCUT2D eigenvalue weighted by atomic mass is 9.95. The molecule has 0 radical (unpaired) electrons. The molecule has 1 aliphatic rings. The smallest absolute Gasteiger partial charge is 0.240 e. The molecule has 0 aliphatic carbocycles. The highest BCUT2D eigenvalue weighted by Crippen LogP contribution is 2.20. The number of rotatable bonds is 7. The summed E-state index contributed by atoms with van der Waals surface area (Å²) in [5.41, 5.74) is 10.2. The average Bonchev–Trinajstić information content (AvgIpc) is 2.90. The third kappa shape index (κ3) is 5.79. The minimum atomic E-state index is -0.565. The second-order valence-corrected chi connectivity index (χ2v) is 9.62. The van der Waals surface area contributed by atoms with Crippen molar-refractivity contribution in [1.29, 1.82) is 0 Å². The first-order chi connectivity index (χ1) is 17.2. The summed E-state index contributed by atoms with van der Waals surface area (Å²) in [4.78, 5) is 15.8. The van der Waals surface area contributed by atoms with Crippen LogP contribution < -0.4 is 11.1 Å². The number of amides is 1. The Morgan fingerprint density at radius 2 is 1.43 bits per heavy atom. The Labute approximate surface area is 207 Å². The number of fused-ring (bicyclic) bond motifs is 1. The van der Waals surface area contributed by atoms with Crippen LogP contribution in [-0.2, 0) is 24.1 Å². The van der Waals surface area contributed by atoms with Crippen LogP contribution in [0.3, 0.4) is 0 Å². The minimum Gasteiger partial charge on any atom is -0.335 e. The second kappa shape index (κ2) is 10.9. The summed E-state index contributed by atoms with van der Waals surface area (Å²) in [7, 11) is 0. The van der Waals surface area contributed by atoms with Gasteiger partial charge in [-0.25, -0.2) is 0 Å². The molecule has 1 aliphatic heterocycles. The van der Waals surface area contributed by atoms with Crippen molar-refractivity contribution in [3.63, 3.8) is 0 Å². The molecule has 3 N–H and O–H groups in total.